The van der Waals surface area contributed by atoms with Gasteiger partial charge in [-0.3, -0.25) is 19.2 Å². The van der Waals surface area contributed by atoms with E-state index in [2.05, 4.69) is 15.6 Å². The number of carbonyl (C=O) groups excluding carboxylic acids is 4. The molecule has 4 amide bonds. The van der Waals surface area contributed by atoms with Crippen molar-refractivity contribution in [1.82, 2.24) is 9.88 Å². The number of hydrogen-bond acceptors (Lipinski definition) is 6. The normalized spacial score (nSPS) is 18.5. The number of aromatic nitrogens is 1. The molecule has 0 saturated carbocycles. The maximum absolute atomic E-state index is 13.0. The number of nitrogens with one attached hydrogen (secondary N) is 2. The summed E-state index contributed by atoms with van der Waals surface area (Å²) in [5.41, 5.74) is 5.34. The van der Waals surface area contributed by atoms with E-state index in [1.165, 1.54) is 36.6 Å². The summed E-state index contributed by atoms with van der Waals surface area (Å²) in [6, 6.07) is 6.32. The molecular formula is C20H23N5O4S. The number of carbonyl (C=O) groups is 4. The van der Waals surface area contributed by atoms with E-state index in [9.17, 15) is 19.2 Å². The summed E-state index contributed by atoms with van der Waals surface area (Å²) in [5, 5.41) is 5.83. The highest BCUT2D eigenvalue weighted by Gasteiger charge is 2.35. The first kappa shape index (κ1) is 21.4. The number of nitrogens with zero attached hydrogens (tertiary/aromatic N) is 2. The number of nitrogens with two attached hydrogens (primary N) is 1. The Morgan fingerprint density at radius 3 is 2.63 bits per heavy atom. The zero-order chi connectivity index (χ0) is 21.8. The van der Waals surface area contributed by atoms with E-state index in [1.807, 2.05) is 13.0 Å². The number of amides is 4. The summed E-state index contributed by atoms with van der Waals surface area (Å²) in [7, 11) is 0. The fourth-order valence-corrected chi connectivity index (χ4v) is 4.54. The number of hydrogen-bond donors (Lipinski definition) is 3. The van der Waals surface area contributed by atoms with Crippen LogP contribution in [0.5, 0.6) is 0 Å². The molecule has 0 bridgehead atoms. The molecule has 0 spiro atoms. The third kappa shape index (κ3) is 4.82. The Morgan fingerprint density at radius 2 is 1.93 bits per heavy atom. The molecule has 10 heteroatoms. The molecule has 1 saturated heterocycles. The first-order valence-corrected chi connectivity index (χ1v) is 10.3. The Bertz CT molecular complexity index is 989. The Kier molecular flexibility index (Phi) is 6.46. The van der Waals surface area contributed by atoms with Crippen LogP contribution in [0, 0.1) is 5.92 Å². The second kappa shape index (κ2) is 9.04. The maximum atomic E-state index is 13.0. The van der Waals surface area contributed by atoms with Crippen LogP contribution in [-0.2, 0) is 14.4 Å². The fourth-order valence-electron chi connectivity index (χ4n) is 3.44. The Hall–Kier alpha value is -3.27. The average Bonchev–Trinajstić information content (AvgIpc) is 3.15. The summed E-state index contributed by atoms with van der Waals surface area (Å²) in [4.78, 5) is 54.9. The Morgan fingerprint density at radius 1 is 1.17 bits per heavy atom. The van der Waals surface area contributed by atoms with Gasteiger partial charge in [0.05, 0.1) is 16.6 Å². The lowest BCUT2D eigenvalue weighted by molar-refractivity contribution is -0.146. The summed E-state index contributed by atoms with van der Waals surface area (Å²) in [6.45, 7) is 3.88. The van der Waals surface area contributed by atoms with Crippen LogP contribution in [0.25, 0.3) is 0 Å². The number of thiophene rings is 1. The third-order valence-electron chi connectivity index (χ3n) is 4.83. The quantitative estimate of drug-likeness (QED) is 0.640. The number of piperidine rings is 1. The third-order valence-corrected chi connectivity index (χ3v) is 5.93. The Balaban J connectivity index is 1.80. The number of anilines is 2. The van der Waals surface area contributed by atoms with Crippen molar-refractivity contribution in [2.24, 2.45) is 11.7 Å². The second-order valence-electron chi connectivity index (χ2n) is 7.26. The molecule has 158 valence electrons. The molecule has 0 unspecified atom stereocenters. The van der Waals surface area contributed by atoms with Gasteiger partial charge in [-0.25, -0.2) is 4.98 Å². The standard InChI is InChI=1S/C20H23N5O4S/c1-11-5-6-14(15-7-8-16(30-15)23-12(2)26)25(10-11)20(29)19(28)24-18-13(17(21)27)4-3-9-22-18/h3-4,7-9,11,14H,5-6,10H2,1-2H3,(H2,21,27)(H,23,26)(H,22,24,28)/t11-,14+/m1/s1. The lowest BCUT2D eigenvalue weighted by atomic mass is 9.93. The molecule has 1 fully saturated rings. The molecule has 0 aliphatic carbocycles. The highest BCUT2D eigenvalue weighted by molar-refractivity contribution is 7.16. The molecule has 9 nitrogen and oxygen atoms in total. The molecule has 3 heterocycles. The van der Waals surface area contributed by atoms with Crippen LogP contribution >= 0.6 is 11.3 Å². The molecule has 0 aromatic carbocycles. The predicted octanol–water partition coefficient (Wildman–Crippen LogP) is 2.14. The van der Waals surface area contributed by atoms with E-state index in [0.29, 0.717) is 18.0 Å². The zero-order valence-corrected chi connectivity index (χ0v) is 17.5. The lowest BCUT2D eigenvalue weighted by Crippen LogP contribution is -2.46. The van der Waals surface area contributed by atoms with Gasteiger partial charge in [0, 0.05) is 24.5 Å². The highest BCUT2D eigenvalue weighted by Crippen LogP contribution is 2.38. The molecule has 2 atom stereocenters. The maximum Gasteiger partial charge on any atom is 0.315 e. The average molecular weight is 430 g/mol. The molecule has 4 N–H and O–H groups in total. The number of rotatable bonds is 4. The van der Waals surface area contributed by atoms with Crippen molar-refractivity contribution in [2.45, 2.75) is 32.7 Å². The van der Waals surface area contributed by atoms with Gasteiger partial charge in [0.2, 0.25) is 5.91 Å². The molecule has 2 aromatic rings. The van der Waals surface area contributed by atoms with Crippen LogP contribution in [0.3, 0.4) is 0 Å². The van der Waals surface area contributed by atoms with Crippen LogP contribution in [-0.4, -0.2) is 40.1 Å². The van der Waals surface area contributed by atoms with Crippen LogP contribution < -0.4 is 16.4 Å². The molecule has 3 rings (SSSR count). The number of pyridine rings is 1. The van der Waals surface area contributed by atoms with Gasteiger partial charge in [0.15, 0.2) is 0 Å². The molecule has 30 heavy (non-hydrogen) atoms. The van der Waals surface area contributed by atoms with Crippen molar-refractivity contribution >= 4 is 45.8 Å². The summed E-state index contributed by atoms with van der Waals surface area (Å²) in [6.07, 6.45) is 3.01. The van der Waals surface area contributed by atoms with Gasteiger partial charge in [-0.1, -0.05) is 6.92 Å². The van der Waals surface area contributed by atoms with E-state index in [0.717, 1.165) is 11.3 Å². The van der Waals surface area contributed by atoms with Crippen LogP contribution in [0.4, 0.5) is 10.8 Å². The van der Waals surface area contributed by atoms with Crippen molar-refractivity contribution in [1.29, 1.82) is 0 Å². The van der Waals surface area contributed by atoms with E-state index < -0.39 is 17.7 Å². The molecule has 1 aliphatic rings. The summed E-state index contributed by atoms with van der Waals surface area (Å²) < 4.78 is 0. The van der Waals surface area contributed by atoms with Gasteiger partial charge >= 0.3 is 11.8 Å². The van der Waals surface area contributed by atoms with Crippen LogP contribution in [0.15, 0.2) is 30.5 Å². The van der Waals surface area contributed by atoms with Crippen molar-refractivity contribution in [3.8, 4) is 0 Å². The fraction of sp³-hybridized carbons (Fsp3) is 0.350. The zero-order valence-electron chi connectivity index (χ0n) is 16.7. The second-order valence-corrected chi connectivity index (χ2v) is 8.37. The highest BCUT2D eigenvalue weighted by atomic mass is 32.1. The minimum Gasteiger partial charge on any atom is -0.365 e. The Labute approximate surface area is 177 Å². The van der Waals surface area contributed by atoms with E-state index >= 15 is 0 Å². The minimum atomic E-state index is -0.881. The van der Waals surface area contributed by atoms with Gasteiger partial charge in [-0.2, -0.15) is 0 Å². The molecule has 2 aromatic heterocycles. The SMILES string of the molecule is CC(=O)Nc1ccc([C@@H]2CC[C@@H](C)CN2C(=O)C(=O)Nc2ncccc2C(N)=O)s1. The van der Waals surface area contributed by atoms with Gasteiger partial charge < -0.3 is 21.3 Å². The van der Waals surface area contributed by atoms with Gasteiger partial charge in [-0.15, -0.1) is 11.3 Å². The van der Waals surface area contributed by atoms with Crippen LogP contribution in [0.2, 0.25) is 0 Å². The molecular weight excluding hydrogens is 406 g/mol. The van der Waals surface area contributed by atoms with Crippen molar-refractivity contribution in [3.63, 3.8) is 0 Å². The molecule has 1 aliphatic heterocycles. The van der Waals surface area contributed by atoms with E-state index in [1.54, 1.807) is 11.0 Å². The van der Waals surface area contributed by atoms with E-state index in [-0.39, 0.29) is 29.2 Å². The first-order valence-electron chi connectivity index (χ1n) is 9.50. The van der Waals surface area contributed by atoms with Crippen molar-refractivity contribution in [2.75, 3.05) is 17.2 Å². The monoisotopic (exact) mass is 429 g/mol. The molecule has 0 radical (unpaired) electrons. The van der Waals surface area contributed by atoms with Gasteiger partial charge in [0.1, 0.15) is 5.82 Å². The number of primary amides is 1. The van der Waals surface area contributed by atoms with E-state index in [4.69, 9.17) is 5.73 Å². The van der Waals surface area contributed by atoms with Crippen molar-refractivity contribution < 1.29 is 19.2 Å². The summed E-state index contributed by atoms with van der Waals surface area (Å²) in [5.74, 6) is -2.32. The van der Waals surface area contributed by atoms with Crippen LogP contribution in [0.1, 0.15) is 48.0 Å². The first-order chi connectivity index (χ1) is 14.3. The minimum absolute atomic E-state index is 0.0282. The van der Waals surface area contributed by atoms with Crippen molar-refractivity contribution in [3.05, 3.63) is 40.9 Å². The topological polar surface area (TPSA) is 134 Å². The number of likely N-dealkylation sites (tertiary alicyclic amines) is 1. The van der Waals surface area contributed by atoms with Gasteiger partial charge in [0.25, 0.3) is 5.91 Å². The smallest absolute Gasteiger partial charge is 0.315 e. The summed E-state index contributed by atoms with van der Waals surface area (Å²) >= 11 is 1.38. The lowest BCUT2D eigenvalue weighted by Gasteiger charge is -2.37. The predicted molar refractivity (Wildman–Crippen MR) is 113 cm³/mol. The van der Waals surface area contributed by atoms with Gasteiger partial charge in [-0.05, 0) is 43.0 Å². The largest absolute Gasteiger partial charge is 0.365 e.